The molecule has 1 aliphatic heterocycles. The standard InChI is InChI=1S/C12H27N3O/c1-4-10(2)14-5-7-15(8-6-14)12(9-16)11(3)13/h10-12,16H,4-9,13H2,1-3H3. The number of hydrogen-bond donors (Lipinski definition) is 2. The van der Waals surface area contributed by atoms with Crippen LogP contribution in [0.3, 0.4) is 0 Å². The lowest BCUT2D eigenvalue weighted by Crippen LogP contribution is -2.57. The summed E-state index contributed by atoms with van der Waals surface area (Å²) in [5.74, 6) is 0. The number of rotatable bonds is 5. The number of nitrogens with zero attached hydrogens (tertiary/aromatic N) is 2. The molecule has 1 rings (SSSR count). The quantitative estimate of drug-likeness (QED) is 0.702. The fourth-order valence-electron chi connectivity index (χ4n) is 2.38. The van der Waals surface area contributed by atoms with E-state index < -0.39 is 0 Å². The largest absolute Gasteiger partial charge is 0.395 e. The molecular formula is C12H27N3O. The molecule has 0 bridgehead atoms. The number of piperazine rings is 1. The second kappa shape index (κ2) is 6.55. The van der Waals surface area contributed by atoms with E-state index in [1.54, 1.807) is 0 Å². The van der Waals surface area contributed by atoms with E-state index in [-0.39, 0.29) is 18.7 Å². The van der Waals surface area contributed by atoms with Gasteiger partial charge in [-0.15, -0.1) is 0 Å². The zero-order valence-corrected chi connectivity index (χ0v) is 10.9. The first-order valence-corrected chi connectivity index (χ1v) is 6.44. The summed E-state index contributed by atoms with van der Waals surface area (Å²) in [7, 11) is 0. The van der Waals surface area contributed by atoms with Crippen molar-refractivity contribution in [2.24, 2.45) is 5.73 Å². The third kappa shape index (κ3) is 3.42. The Balaban J connectivity index is 2.41. The first-order chi connectivity index (χ1) is 7.60. The van der Waals surface area contributed by atoms with Gasteiger partial charge in [-0.1, -0.05) is 6.92 Å². The minimum Gasteiger partial charge on any atom is -0.395 e. The normalized spacial score (nSPS) is 25.3. The fourth-order valence-corrected chi connectivity index (χ4v) is 2.38. The highest BCUT2D eigenvalue weighted by Crippen LogP contribution is 2.12. The highest BCUT2D eigenvalue weighted by Gasteiger charge is 2.26. The van der Waals surface area contributed by atoms with Crippen molar-refractivity contribution in [3.8, 4) is 0 Å². The van der Waals surface area contributed by atoms with E-state index in [4.69, 9.17) is 5.73 Å². The summed E-state index contributed by atoms with van der Waals surface area (Å²) >= 11 is 0. The SMILES string of the molecule is CCC(C)N1CCN(C(CO)C(C)N)CC1. The molecule has 0 aliphatic carbocycles. The molecule has 1 fully saturated rings. The molecule has 0 aromatic carbocycles. The zero-order chi connectivity index (χ0) is 12.1. The molecule has 96 valence electrons. The van der Waals surface area contributed by atoms with Gasteiger partial charge in [0.15, 0.2) is 0 Å². The van der Waals surface area contributed by atoms with E-state index in [2.05, 4.69) is 23.6 Å². The maximum atomic E-state index is 9.33. The van der Waals surface area contributed by atoms with Gasteiger partial charge < -0.3 is 10.8 Å². The summed E-state index contributed by atoms with van der Waals surface area (Å²) in [5, 5.41) is 9.33. The van der Waals surface area contributed by atoms with Gasteiger partial charge in [-0.05, 0) is 20.3 Å². The van der Waals surface area contributed by atoms with Crippen LogP contribution in [0.1, 0.15) is 27.2 Å². The van der Waals surface area contributed by atoms with E-state index in [1.807, 2.05) is 6.92 Å². The van der Waals surface area contributed by atoms with Crippen LogP contribution in [0.5, 0.6) is 0 Å². The molecule has 16 heavy (non-hydrogen) atoms. The molecule has 0 aromatic rings. The van der Waals surface area contributed by atoms with Crippen molar-refractivity contribution in [2.75, 3.05) is 32.8 Å². The highest BCUT2D eigenvalue weighted by atomic mass is 16.3. The van der Waals surface area contributed by atoms with E-state index in [0.717, 1.165) is 26.2 Å². The summed E-state index contributed by atoms with van der Waals surface area (Å²) < 4.78 is 0. The van der Waals surface area contributed by atoms with Crippen LogP contribution < -0.4 is 5.73 Å². The maximum Gasteiger partial charge on any atom is 0.0601 e. The molecule has 1 saturated heterocycles. The molecule has 0 saturated carbocycles. The Morgan fingerprint density at radius 2 is 1.62 bits per heavy atom. The van der Waals surface area contributed by atoms with Crippen molar-refractivity contribution < 1.29 is 5.11 Å². The highest BCUT2D eigenvalue weighted by molar-refractivity contribution is 4.84. The Morgan fingerprint density at radius 1 is 1.12 bits per heavy atom. The third-order valence-electron chi connectivity index (χ3n) is 3.83. The molecule has 0 amide bonds. The van der Waals surface area contributed by atoms with Gasteiger partial charge in [0.25, 0.3) is 0 Å². The number of hydrogen-bond acceptors (Lipinski definition) is 4. The molecule has 4 heteroatoms. The van der Waals surface area contributed by atoms with Crippen LogP contribution in [0.2, 0.25) is 0 Å². The van der Waals surface area contributed by atoms with E-state index >= 15 is 0 Å². The first-order valence-electron chi connectivity index (χ1n) is 6.44. The lowest BCUT2D eigenvalue weighted by Gasteiger charge is -2.42. The fraction of sp³-hybridized carbons (Fsp3) is 1.00. The molecule has 1 heterocycles. The van der Waals surface area contributed by atoms with E-state index in [1.165, 1.54) is 6.42 Å². The summed E-state index contributed by atoms with van der Waals surface area (Å²) in [4.78, 5) is 4.84. The zero-order valence-electron chi connectivity index (χ0n) is 10.9. The van der Waals surface area contributed by atoms with Crippen molar-refractivity contribution in [3.05, 3.63) is 0 Å². The summed E-state index contributed by atoms with van der Waals surface area (Å²) in [6.07, 6.45) is 1.21. The maximum absolute atomic E-state index is 9.33. The van der Waals surface area contributed by atoms with Gasteiger partial charge in [-0.3, -0.25) is 9.80 Å². The Kier molecular flexibility index (Phi) is 5.69. The van der Waals surface area contributed by atoms with Crippen LogP contribution in [0.4, 0.5) is 0 Å². The molecule has 1 aliphatic rings. The molecule has 3 atom stereocenters. The lowest BCUT2D eigenvalue weighted by molar-refractivity contribution is 0.0419. The van der Waals surface area contributed by atoms with Crippen molar-refractivity contribution in [1.29, 1.82) is 0 Å². The Bertz CT molecular complexity index is 191. The van der Waals surface area contributed by atoms with Crippen LogP contribution in [0.15, 0.2) is 0 Å². The second-order valence-corrected chi connectivity index (χ2v) is 4.94. The molecule has 4 nitrogen and oxygen atoms in total. The van der Waals surface area contributed by atoms with Crippen molar-refractivity contribution in [1.82, 2.24) is 9.80 Å². The van der Waals surface area contributed by atoms with Gasteiger partial charge in [-0.25, -0.2) is 0 Å². The molecule has 0 spiro atoms. The number of aliphatic hydroxyl groups excluding tert-OH is 1. The number of nitrogens with two attached hydrogens (primary N) is 1. The first kappa shape index (κ1) is 13.9. The minimum atomic E-state index is 0.0418. The van der Waals surface area contributed by atoms with Crippen LogP contribution in [0.25, 0.3) is 0 Å². The molecular weight excluding hydrogens is 202 g/mol. The van der Waals surface area contributed by atoms with Gasteiger partial charge in [0.1, 0.15) is 0 Å². The van der Waals surface area contributed by atoms with Crippen molar-refractivity contribution >= 4 is 0 Å². The van der Waals surface area contributed by atoms with Crippen LogP contribution in [0, 0.1) is 0 Å². The van der Waals surface area contributed by atoms with Gasteiger partial charge in [0.2, 0.25) is 0 Å². The summed E-state index contributed by atoms with van der Waals surface area (Å²) in [6.45, 7) is 10.9. The molecule has 0 radical (unpaired) electrons. The van der Waals surface area contributed by atoms with Crippen LogP contribution in [-0.2, 0) is 0 Å². The van der Waals surface area contributed by atoms with Gasteiger partial charge in [0.05, 0.1) is 6.61 Å². The van der Waals surface area contributed by atoms with Gasteiger partial charge >= 0.3 is 0 Å². The monoisotopic (exact) mass is 229 g/mol. The molecule has 0 aromatic heterocycles. The van der Waals surface area contributed by atoms with Crippen LogP contribution >= 0.6 is 0 Å². The summed E-state index contributed by atoms with van der Waals surface area (Å²) in [5.41, 5.74) is 5.88. The Hall–Kier alpha value is -0.160. The van der Waals surface area contributed by atoms with Crippen molar-refractivity contribution in [2.45, 2.75) is 45.3 Å². The molecule has 3 N–H and O–H groups in total. The summed E-state index contributed by atoms with van der Waals surface area (Å²) in [6, 6.07) is 0.837. The Labute approximate surface area is 99.4 Å². The van der Waals surface area contributed by atoms with E-state index in [0.29, 0.717) is 6.04 Å². The average molecular weight is 229 g/mol. The topological polar surface area (TPSA) is 52.7 Å². The predicted molar refractivity (Wildman–Crippen MR) is 67.4 cm³/mol. The third-order valence-corrected chi connectivity index (χ3v) is 3.83. The number of aliphatic hydroxyl groups is 1. The average Bonchev–Trinajstić information content (AvgIpc) is 2.29. The minimum absolute atomic E-state index is 0.0418. The van der Waals surface area contributed by atoms with Crippen molar-refractivity contribution in [3.63, 3.8) is 0 Å². The smallest absolute Gasteiger partial charge is 0.0601 e. The van der Waals surface area contributed by atoms with Gasteiger partial charge in [-0.2, -0.15) is 0 Å². The Morgan fingerprint density at radius 3 is 2.00 bits per heavy atom. The predicted octanol–water partition coefficient (Wildman–Crippen LogP) is 0.111. The van der Waals surface area contributed by atoms with E-state index in [9.17, 15) is 5.11 Å². The second-order valence-electron chi connectivity index (χ2n) is 4.94. The molecule has 3 unspecified atom stereocenters. The van der Waals surface area contributed by atoms with Crippen LogP contribution in [-0.4, -0.2) is 65.8 Å². The lowest BCUT2D eigenvalue weighted by atomic mass is 10.1. The van der Waals surface area contributed by atoms with Gasteiger partial charge in [0, 0.05) is 44.3 Å².